The number of nitriles is 1. The molecule has 0 aliphatic rings. The predicted octanol–water partition coefficient (Wildman–Crippen LogP) is 0.429. The Kier molecular flexibility index (Phi) is 5.97. The zero-order valence-electron chi connectivity index (χ0n) is 7.40. The Morgan fingerprint density at radius 2 is 2.38 bits per heavy atom. The smallest absolute Gasteiger partial charge is 0.224 e. The predicted molar refractivity (Wildman–Crippen MR) is 47.3 cm³/mol. The van der Waals surface area contributed by atoms with E-state index in [9.17, 15) is 0 Å². The van der Waals surface area contributed by atoms with Crippen molar-refractivity contribution in [2.75, 3.05) is 6.61 Å². The van der Waals surface area contributed by atoms with Gasteiger partial charge in [-0.1, -0.05) is 23.7 Å². The summed E-state index contributed by atoms with van der Waals surface area (Å²) < 4.78 is 0. The Labute approximate surface area is 76.3 Å². The van der Waals surface area contributed by atoms with Crippen LogP contribution >= 0.6 is 0 Å². The van der Waals surface area contributed by atoms with Crippen molar-refractivity contribution in [3.8, 4) is 6.07 Å². The van der Waals surface area contributed by atoms with Crippen LogP contribution < -0.4 is 5.73 Å². The van der Waals surface area contributed by atoms with Gasteiger partial charge in [-0.15, -0.1) is 0 Å². The lowest BCUT2D eigenvalue weighted by atomic mass is 10.4. The van der Waals surface area contributed by atoms with Crippen LogP contribution in [0.25, 0.3) is 0 Å². The van der Waals surface area contributed by atoms with Crippen molar-refractivity contribution in [1.29, 1.82) is 5.26 Å². The van der Waals surface area contributed by atoms with Gasteiger partial charge in [0.1, 0.15) is 12.7 Å². The minimum absolute atomic E-state index is 0.224. The highest BCUT2D eigenvalue weighted by molar-refractivity contribution is 6.46. The van der Waals surface area contributed by atoms with Crippen LogP contribution in [-0.2, 0) is 4.84 Å². The summed E-state index contributed by atoms with van der Waals surface area (Å²) in [5.74, 6) is -0.348. The van der Waals surface area contributed by atoms with Gasteiger partial charge in [-0.05, 0) is 6.42 Å². The second-order valence-electron chi connectivity index (χ2n) is 2.22. The molecular weight excluding hydrogens is 172 g/mol. The van der Waals surface area contributed by atoms with Gasteiger partial charge >= 0.3 is 0 Å². The largest absolute Gasteiger partial charge is 0.409 e. The number of nitrogens with two attached hydrogens (primary N) is 1. The molecule has 0 bridgehead atoms. The van der Waals surface area contributed by atoms with Crippen molar-refractivity contribution in [1.82, 2.24) is 0 Å². The average molecular weight is 184 g/mol. The van der Waals surface area contributed by atoms with Crippen molar-refractivity contribution in [3.05, 3.63) is 0 Å². The highest BCUT2D eigenvalue weighted by Crippen LogP contribution is 1.89. The van der Waals surface area contributed by atoms with Crippen LogP contribution in [0.2, 0.25) is 0 Å². The first-order chi connectivity index (χ1) is 6.26. The first-order valence-electron chi connectivity index (χ1n) is 3.84. The van der Waals surface area contributed by atoms with E-state index in [-0.39, 0.29) is 11.5 Å². The third-order valence-corrected chi connectivity index (χ3v) is 1.20. The zero-order valence-corrected chi connectivity index (χ0v) is 7.40. The van der Waals surface area contributed by atoms with Crippen LogP contribution in [0.5, 0.6) is 0 Å². The fourth-order valence-electron chi connectivity index (χ4n) is 0.491. The number of rotatable bonds is 5. The van der Waals surface area contributed by atoms with Gasteiger partial charge in [0.2, 0.25) is 11.5 Å². The number of oxime groups is 2. The van der Waals surface area contributed by atoms with E-state index >= 15 is 0 Å². The maximum atomic E-state index is 8.45. The molecule has 72 valence electrons. The highest BCUT2D eigenvalue weighted by Gasteiger charge is 2.04. The molecule has 3 N–H and O–H groups in total. The SMILES string of the molecule is CCCCON=C(C#N)C(N)=NO. The third-order valence-electron chi connectivity index (χ3n) is 1.20. The summed E-state index contributed by atoms with van der Waals surface area (Å²) in [4.78, 5) is 4.74. The van der Waals surface area contributed by atoms with E-state index in [2.05, 4.69) is 10.3 Å². The number of unbranched alkanes of at least 4 members (excludes halogenated alkanes) is 1. The second-order valence-corrected chi connectivity index (χ2v) is 2.22. The fraction of sp³-hybridized carbons (Fsp3) is 0.571. The van der Waals surface area contributed by atoms with Crippen LogP contribution in [0.15, 0.2) is 10.3 Å². The molecular formula is C7H12N4O2. The monoisotopic (exact) mass is 184 g/mol. The molecule has 0 unspecified atom stereocenters. The molecule has 0 atom stereocenters. The topological polar surface area (TPSA) is 104 Å². The lowest BCUT2D eigenvalue weighted by Gasteiger charge is -1.97. The van der Waals surface area contributed by atoms with Crippen molar-refractivity contribution in [3.63, 3.8) is 0 Å². The standard InChI is InChI=1S/C7H12N4O2/c1-2-3-4-13-11-6(5-8)7(9)10-12/h12H,2-4H2,1H3,(H2,9,10). The first kappa shape index (κ1) is 11.2. The molecule has 0 fully saturated rings. The summed E-state index contributed by atoms with van der Waals surface area (Å²) in [6.45, 7) is 2.42. The van der Waals surface area contributed by atoms with E-state index in [1.165, 1.54) is 0 Å². The Bertz CT molecular complexity index is 241. The molecule has 0 rings (SSSR count). The highest BCUT2D eigenvalue weighted by atomic mass is 16.6. The van der Waals surface area contributed by atoms with Crippen LogP contribution in [0, 0.1) is 11.3 Å². The lowest BCUT2D eigenvalue weighted by Crippen LogP contribution is -2.22. The Morgan fingerprint density at radius 1 is 1.69 bits per heavy atom. The fourth-order valence-corrected chi connectivity index (χ4v) is 0.491. The maximum absolute atomic E-state index is 8.45. The van der Waals surface area contributed by atoms with Gasteiger partial charge in [0.25, 0.3) is 0 Å². The maximum Gasteiger partial charge on any atom is 0.224 e. The summed E-state index contributed by atoms with van der Waals surface area (Å²) >= 11 is 0. The normalized spacial score (nSPS) is 12.3. The molecule has 0 spiro atoms. The van der Waals surface area contributed by atoms with Crippen LogP contribution in [-0.4, -0.2) is 23.4 Å². The first-order valence-corrected chi connectivity index (χ1v) is 3.84. The van der Waals surface area contributed by atoms with Gasteiger partial charge in [-0.3, -0.25) is 0 Å². The second kappa shape index (κ2) is 6.91. The van der Waals surface area contributed by atoms with Crippen molar-refractivity contribution < 1.29 is 10.0 Å². The molecule has 0 amide bonds. The number of amidine groups is 1. The molecule has 0 radical (unpaired) electrons. The minimum atomic E-state index is -0.348. The quantitative estimate of drug-likeness (QED) is 0.212. The molecule has 0 aliphatic carbocycles. The van der Waals surface area contributed by atoms with Gasteiger partial charge < -0.3 is 15.8 Å². The summed E-state index contributed by atoms with van der Waals surface area (Å²) in [6.07, 6.45) is 1.82. The molecule has 6 heteroatoms. The molecule has 0 saturated heterocycles. The molecule has 0 aromatic rings. The average Bonchev–Trinajstić information content (AvgIpc) is 2.17. The van der Waals surface area contributed by atoms with Crippen LogP contribution in [0.4, 0.5) is 0 Å². The molecule has 0 heterocycles. The summed E-state index contributed by atoms with van der Waals surface area (Å²) in [7, 11) is 0. The molecule has 0 saturated carbocycles. The summed E-state index contributed by atoms with van der Waals surface area (Å²) in [5.41, 5.74) is 4.89. The molecule has 0 aromatic carbocycles. The van der Waals surface area contributed by atoms with E-state index in [0.29, 0.717) is 6.61 Å². The minimum Gasteiger partial charge on any atom is -0.409 e. The summed E-state index contributed by atoms with van der Waals surface area (Å²) in [5, 5.41) is 22.7. The number of hydrogen-bond donors (Lipinski definition) is 2. The van der Waals surface area contributed by atoms with E-state index in [1.807, 2.05) is 6.92 Å². The Hall–Kier alpha value is -1.77. The molecule has 6 nitrogen and oxygen atoms in total. The number of nitrogens with zero attached hydrogens (tertiary/aromatic N) is 3. The zero-order chi connectivity index (χ0) is 10.1. The Balaban J connectivity index is 4.03. The van der Waals surface area contributed by atoms with E-state index in [0.717, 1.165) is 12.8 Å². The van der Waals surface area contributed by atoms with Gasteiger partial charge in [0.05, 0.1) is 0 Å². The van der Waals surface area contributed by atoms with Gasteiger partial charge in [-0.25, -0.2) is 0 Å². The molecule has 0 aliphatic heterocycles. The molecule has 0 aromatic heterocycles. The van der Waals surface area contributed by atoms with Gasteiger partial charge in [-0.2, -0.15) is 5.26 Å². The number of hydrogen-bond acceptors (Lipinski definition) is 5. The molecule has 13 heavy (non-hydrogen) atoms. The van der Waals surface area contributed by atoms with Crippen molar-refractivity contribution in [2.45, 2.75) is 19.8 Å². The van der Waals surface area contributed by atoms with E-state index < -0.39 is 0 Å². The van der Waals surface area contributed by atoms with Crippen molar-refractivity contribution >= 4 is 11.5 Å². The van der Waals surface area contributed by atoms with Gasteiger partial charge in [0.15, 0.2) is 0 Å². The van der Waals surface area contributed by atoms with E-state index in [4.69, 9.17) is 21.0 Å². The van der Waals surface area contributed by atoms with Crippen molar-refractivity contribution in [2.24, 2.45) is 16.0 Å². The Morgan fingerprint density at radius 3 is 2.85 bits per heavy atom. The van der Waals surface area contributed by atoms with E-state index in [1.54, 1.807) is 6.07 Å². The van der Waals surface area contributed by atoms with Gasteiger partial charge in [0, 0.05) is 0 Å². The summed E-state index contributed by atoms with van der Waals surface area (Å²) in [6, 6.07) is 1.64. The third kappa shape index (κ3) is 4.63. The van der Waals surface area contributed by atoms with Crippen LogP contribution in [0.3, 0.4) is 0 Å². The lowest BCUT2D eigenvalue weighted by molar-refractivity contribution is 0.142. The van der Waals surface area contributed by atoms with Crippen LogP contribution in [0.1, 0.15) is 19.8 Å².